The number of aromatic hydroxyl groups is 2. The van der Waals surface area contributed by atoms with Gasteiger partial charge in [0.05, 0.1) is 5.92 Å². The van der Waals surface area contributed by atoms with E-state index < -0.39 is 0 Å². The zero-order valence-electron chi connectivity index (χ0n) is 11.9. The summed E-state index contributed by atoms with van der Waals surface area (Å²) in [5.74, 6) is -0.587. The number of benzene rings is 1. The summed E-state index contributed by atoms with van der Waals surface area (Å²) in [6, 6.07) is 4.89. The van der Waals surface area contributed by atoms with Crippen molar-refractivity contribution < 1.29 is 15.0 Å². The first-order chi connectivity index (χ1) is 9.61. The van der Waals surface area contributed by atoms with E-state index >= 15 is 0 Å². The second kappa shape index (κ2) is 6.64. The molecular weight excluding hydrogens is 254 g/mol. The van der Waals surface area contributed by atoms with Crippen LogP contribution >= 0.6 is 0 Å². The van der Waals surface area contributed by atoms with Crippen molar-refractivity contribution in [3.05, 3.63) is 23.8 Å². The van der Waals surface area contributed by atoms with E-state index in [0.717, 1.165) is 18.4 Å². The van der Waals surface area contributed by atoms with E-state index in [4.69, 9.17) is 0 Å². The zero-order chi connectivity index (χ0) is 14.5. The van der Waals surface area contributed by atoms with Gasteiger partial charge in [-0.2, -0.15) is 0 Å². The number of phenolic OH excluding ortho intramolecular Hbond substituents is 2. The third kappa shape index (κ3) is 3.44. The van der Waals surface area contributed by atoms with Crippen LogP contribution in [0.4, 0.5) is 0 Å². The average molecular weight is 277 g/mol. The summed E-state index contributed by atoms with van der Waals surface area (Å²) < 4.78 is 0. The van der Waals surface area contributed by atoms with Crippen LogP contribution in [0.25, 0.3) is 0 Å². The number of hydrogen-bond donors (Lipinski definition) is 3. The molecule has 0 spiro atoms. The molecule has 3 N–H and O–H groups in total. The summed E-state index contributed by atoms with van der Waals surface area (Å²) in [5, 5.41) is 22.0. The fourth-order valence-corrected chi connectivity index (χ4v) is 2.88. The molecule has 4 heteroatoms. The van der Waals surface area contributed by atoms with Gasteiger partial charge in [0.2, 0.25) is 5.91 Å². The highest BCUT2D eigenvalue weighted by Gasteiger charge is 2.23. The fourth-order valence-electron chi connectivity index (χ4n) is 2.88. The van der Waals surface area contributed by atoms with Crippen LogP contribution in [0, 0.1) is 0 Å². The minimum absolute atomic E-state index is 0.0180. The standard InChI is InChI=1S/C16H23NO3/c1-2-13(11-8-9-14(18)15(19)10-11)16(20)17-12-6-4-3-5-7-12/h8-10,12-13,18-19H,2-7H2,1H3,(H,17,20). The van der Waals surface area contributed by atoms with Crippen LogP contribution in [0.15, 0.2) is 18.2 Å². The highest BCUT2D eigenvalue weighted by atomic mass is 16.3. The Morgan fingerprint density at radius 3 is 2.55 bits per heavy atom. The van der Waals surface area contributed by atoms with Gasteiger partial charge < -0.3 is 15.5 Å². The molecule has 2 rings (SSSR count). The Bertz CT molecular complexity index is 467. The maximum atomic E-state index is 12.4. The lowest BCUT2D eigenvalue weighted by molar-refractivity contribution is -0.123. The van der Waals surface area contributed by atoms with Gasteiger partial charge in [0, 0.05) is 6.04 Å². The van der Waals surface area contributed by atoms with Gasteiger partial charge >= 0.3 is 0 Å². The number of carbonyl (C=O) groups excluding carboxylic acids is 1. The molecule has 1 amide bonds. The molecule has 1 saturated carbocycles. The van der Waals surface area contributed by atoms with Crippen LogP contribution < -0.4 is 5.32 Å². The Hall–Kier alpha value is -1.71. The Kier molecular flexibility index (Phi) is 4.88. The fraction of sp³-hybridized carbons (Fsp3) is 0.562. The van der Waals surface area contributed by atoms with E-state index in [1.807, 2.05) is 6.92 Å². The Morgan fingerprint density at radius 2 is 1.95 bits per heavy atom. The number of phenols is 2. The van der Waals surface area contributed by atoms with E-state index in [9.17, 15) is 15.0 Å². The lowest BCUT2D eigenvalue weighted by Crippen LogP contribution is -2.39. The van der Waals surface area contributed by atoms with Crippen molar-refractivity contribution >= 4 is 5.91 Å². The molecule has 0 heterocycles. The number of carbonyl (C=O) groups is 1. The molecule has 0 aromatic heterocycles. The Balaban J connectivity index is 2.06. The molecule has 0 saturated heterocycles. The summed E-state index contributed by atoms with van der Waals surface area (Å²) in [5.41, 5.74) is 0.746. The van der Waals surface area contributed by atoms with E-state index in [1.165, 1.54) is 31.4 Å². The third-order valence-electron chi connectivity index (χ3n) is 4.08. The van der Waals surface area contributed by atoms with Crippen LogP contribution in [0.2, 0.25) is 0 Å². The highest BCUT2D eigenvalue weighted by Crippen LogP contribution is 2.30. The topological polar surface area (TPSA) is 69.6 Å². The molecule has 1 aromatic carbocycles. The van der Waals surface area contributed by atoms with E-state index in [1.54, 1.807) is 6.07 Å². The monoisotopic (exact) mass is 277 g/mol. The molecule has 1 unspecified atom stereocenters. The second-order valence-corrected chi connectivity index (χ2v) is 5.55. The summed E-state index contributed by atoms with van der Waals surface area (Å²) in [7, 11) is 0. The van der Waals surface area contributed by atoms with Crippen molar-refractivity contribution in [1.29, 1.82) is 0 Å². The summed E-state index contributed by atoms with van der Waals surface area (Å²) >= 11 is 0. The quantitative estimate of drug-likeness (QED) is 0.741. The number of rotatable bonds is 4. The summed E-state index contributed by atoms with van der Waals surface area (Å²) in [4.78, 5) is 12.4. The molecule has 110 valence electrons. The van der Waals surface area contributed by atoms with Gasteiger partial charge in [-0.05, 0) is 37.0 Å². The molecule has 0 aliphatic heterocycles. The maximum Gasteiger partial charge on any atom is 0.227 e. The van der Waals surface area contributed by atoms with Gasteiger partial charge in [-0.3, -0.25) is 4.79 Å². The van der Waals surface area contributed by atoms with Crippen molar-refractivity contribution in [1.82, 2.24) is 5.32 Å². The first-order valence-electron chi connectivity index (χ1n) is 7.44. The normalized spacial score (nSPS) is 17.6. The Morgan fingerprint density at radius 1 is 1.25 bits per heavy atom. The van der Waals surface area contributed by atoms with Crippen LogP contribution in [-0.2, 0) is 4.79 Å². The van der Waals surface area contributed by atoms with Crippen LogP contribution in [-0.4, -0.2) is 22.2 Å². The van der Waals surface area contributed by atoms with Gasteiger partial charge in [0.15, 0.2) is 11.5 Å². The molecular formula is C16H23NO3. The van der Waals surface area contributed by atoms with Gasteiger partial charge in [-0.15, -0.1) is 0 Å². The predicted octanol–water partition coefficient (Wildman–Crippen LogP) is 3.04. The molecule has 1 fully saturated rings. The van der Waals surface area contributed by atoms with Crippen LogP contribution in [0.3, 0.4) is 0 Å². The van der Waals surface area contributed by atoms with Crippen LogP contribution in [0.1, 0.15) is 56.9 Å². The lowest BCUT2D eigenvalue weighted by atomic mass is 9.92. The zero-order valence-corrected chi connectivity index (χ0v) is 11.9. The smallest absolute Gasteiger partial charge is 0.227 e. The highest BCUT2D eigenvalue weighted by molar-refractivity contribution is 5.84. The minimum atomic E-state index is -0.275. The molecule has 1 aliphatic rings. The van der Waals surface area contributed by atoms with Crippen molar-refractivity contribution in [2.45, 2.75) is 57.4 Å². The Labute approximate surface area is 119 Å². The second-order valence-electron chi connectivity index (χ2n) is 5.55. The van der Waals surface area contributed by atoms with Crippen molar-refractivity contribution in [2.24, 2.45) is 0 Å². The molecule has 1 aliphatic carbocycles. The number of nitrogens with one attached hydrogen (secondary N) is 1. The third-order valence-corrected chi connectivity index (χ3v) is 4.08. The molecule has 1 aromatic rings. The largest absolute Gasteiger partial charge is 0.504 e. The first-order valence-corrected chi connectivity index (χ1v) is 7.44. The van der Waals surface area contributed by atoms with Crippen molar-refractivity contribution in [3.63, 3.8) is 0 Å². The van der Waals surface area contributed by atoms with E-state index in [0.29, 0.717) is 6.42 Å². The molecule has 0 bridgehead atoms. The molecule has 20 heavy (non-hydrogen) atoms. The summed E-state index contributed by atoms with van der Waals surface area (Å²) in [6.07, 6.45) is 6.41. The predicted molar refractivity (Wildman–Crippen MR) is 77.8 cm³/mol. The first kappa shape index (κ1) is 14.7. The van der Waals surface area contributed by atoms with E-state index in [-0.39, 0.29) is 29.4 Å². The average Bonchev–Trinajstić information content (AvgIpc) is 2.44. The minimum Gasteiger partial charge on any atom is -0.504 e. The lowest BCUT2D eigenvalue weighted by Gasteiger charge is -2.25. The number of hydrogen-bond acceptors (Lipinski definition) is 3. The van der Waals surface area contributed by atoms with E-state index in [2.05, 4.69) is 5.32 Å². The van der Waals surface area contributed by atoms with Crippen molar-refractivity contribution in [2.75, 3.05) is 0 Å². The molecule has 4 nitrogen and oxygen atoms in total. The number of amides is 1. The van der Waals surface area contributed by atoms with Crippen molar-refractivity contribution in [3.8, 4) is 11.5 Å². The maximum absolute atomic E-state index is 12.4. The SMILES string of the molecule is CCC(C(=O)NC1CCCCC1)c1ccc(O)c(O)c1. The van der Waals surface area contributed by atoms with Crippen LogP contribution in [0.5, 0.6) is 11.5 Å². The van der Waals surface area contributed by atoms with Gasteiger partial charge in [0.25, 0.3) is 0 Å². The van der Waals surface area contributed by atoms with Gasteiger partial charge in [0.1, 0.15) is 0 Å². The van der Waals surface area contributed by atoms with Gasteiger partial charge in [-0.1, -0.05) is 32.3 Å². The molecule has 0 radical (unpaired) electrons. The summed E-state index contributed by atoms with van der Waals surface area (Å²) in [6.45, 7) is 1.95. The molecule has 1 atom stereocenters. The van der Waals surface area contributed by atoms with Gasteiger partial charge in [-0.25, -0.2) is 0 Å².